The van der Waals surface area contributed by atoms with Gasteiger partial charge in [-0.3, -0.25) is 0 Å². The van der Waals surface area contributed by atoms with Gasteiger partial charge in [0.05, 0.1) is 17.7 Å². The largest absolute Gasteiger partial charge is 0.478 e. The van der Waals surface area contributed by atoms with Crippen LogP contribution in [0.4, 0.5) is 13.2 Å². The highest BCUT2D eigenvalue weighted by Gasteiger charge is 2.30. The van der Waals surface area contributed by atoms with Gasteiger partial charge in [0.15, 0.2) is 0 Å². The molecule has 148 valence electrons. The summed E-state index contributed by atoms with van der Waals surface area (Å²) in [5.41, 5.74) is 0.270. The summed E-state index contributed by atoms with van der Waals surface area (Å²) in [7, 11) is 0. The molecule has 0 spiro atoms. The second kappa shape index (κ2) is 10.9. The van der Waals surface area contributed by atoms with Crippen LogP contribution in [0.2, 0.25) is 5.02 Å². The van der Waals surface area contributed by atoms with Crippen molar-refractivity contribution < 1.29 is 28.2 Å². The predicted molar refractivity (Wildman–Crippen MR) is 98.1 cm³/mol. The van der Waals surface area contributed by atoms with Gasteiger partial charge in [0, 0.05) is 17.6 Å². The molecule has 0 radical (unpaired) electrons. The van der Waals surface area contributed by atoms with Gasteiger partial charge in [-0.25, -0.2) is 4.79 Å². The van der Waals surface area contributed by atoms with Crippen molar-refractivity contribution >= 4 is 17.6 Å². The van der Waals surface area contributed by atoms with Gasteiger partial charge in [0.2, 0.25) is 0 Å². The smallest absolute Gasteiger partial charge is 0.416 e. The van der Waals surface area contributed by atoms with Crippen molar-refractivity contribution in [2.24, 2.45) is 0 Å². The van der Waals surface area contributed by atoms with Crippen LogP contribution in [-0.4, -0.2) is 35.4 Å². The summed E-state index contributed by atoms with van der Waals surface area (Å²) in [5.74, 6) is -0.934. The van der Waals surface area contributed by atoms with Crippen LogP contribution in [0.5, 0.6) is 0 Å². The first-order valence-electron chi connectivity index (χ1n) is 8.12. The van der Waals surface area contributed by atoms with E-state index in [1.165, 1.54) is 18.2 Å². The molecule has 0 saturated carbocycles. The van der Waals surface area contributed by atoms with E-state index in [1.54, 1.807) is 18.2 Å². The Morgan fingerprint density at radius 1 is 1.19 bits per heavy atom. The number of aliphatic hydroxyl groups is 1. The van der Waals surface area contributed by atoms with E-state index in [1.807, 2.05) is 6.92 Å². The van der Waals surface area contributed by atoms with E-state index >= 15 is 0 Å². The lowest BCUT2D eigenvalue weighted by atomic mass is 10.0. The number of halogens is 4. The monoisotopic (exact) mass is 403 g/mol. The number of hydrogen-bond donors (Lipinski definition) is 3. The fourth-order valence-electron chi connectivity index (χ4n) is 2.20. The summed E-state index contributed by atoms with van der Waals surface area (Å²) in [5, 5.41) is 20.6. The molecule has 0 saturated heterocycles. The van der Waals surface area contributed by atoms with Crippen molar-refractivity contribution in [3.63, 3.8) is 0 Å². The zero-order valence-electron chi connectivity index (χ0n) is 14.6. The van der Waals surface area contributed by atoms with Crippen LogP contribution in [0.3, 0.4) is 0 Å². The Bertz CT molecular complexity index is 721. The van der Waals surface area contributed by atoms with Crippen LogP contribution in [0.1, 0.15) is 28.4 Å². The van der Waals surface area contributed by atoms with E-state index in [0.29, 0.717) is 23.6 Å². The minimum Gasteiger partial charge on any atom is -0.478 e. The lowest BCUT2D eigenvalue weighted by Crippen LogP contribution is -2.30. The summed E-state index contributed by atoms with van der Waals surface area (Å²) >= 11 is 5.52. The Hall–Kier alpha value is -2.09. The molecular weight excluding hydrogens is 383 g/mol. The highest BCUT2D eigenvalue weighted by molar-refractivity contribution is 6.30. The average molecular weight is 404 g/mol. The zero-order chi connectivity index (χ0) is 20.4. The van der Waals surface area contributed by atoms with Crippen LogP contribution in [0.15, 0.2) is 48.5 Å². The molecule has 2 rings (SSSR count). The average Bonchev–Trinajstić information content (AvgIpc) is 2.60. The summed E-state index contributed by atoms with van der Waals surface area (Å²) in [6.07, 6.45) is -3.79. The molecule has 2 aromatic carbocycles. The van der Waals surface area contributed by atoms with Crippen molar-refractivity contribution in [1.29, 1.82) is 0 Å². The number of aromatic carboxylic acids is 1. The first kappa shape index (κ1) is 23.0. The normalized spacial score (nSPS) is 12.1. The summed E-state index contributed by atoms with van der Waals surface area (Å²) in [6, 6.07) is 11.4. The number of nitrogens with one attached hydrogen (secondary N) is 1. The van der Waals surface area contributed by atoms with Crippen LogP contribution in [-0.2, 0) is 12.6 Å². The van der Waals surface area contributed by atoms with Gasteiger partial charge in [-0.2, -0.15) is 13.2 Å². The Morgan fingerprint density at radius 2 is 1.81 bits per heavy atom. The van der Waals surface area contributed by atoms with E-state index < -0.39 is 17.7 Å². The molecule has 27 heavy (non-hydrogen) atoms. The Balaban J connectivity index is 0.000000309. The molecule has 0 amide bonds. The first-order valence-corrected chi connectivity index (χ1v) is 8.50. The highest BCUT2D eigenvalue weighted by Crippen LogP contribution is 2.29. The topological polar surface area (TPSA) is 69.6 Å². The molecule has 1 atom stereocenters. The maximum Gasteiger partial charge on any atom is 0.416 e. The molecule has 0 aromatic heterocycles. The second-order valence-electron chi connectivity index (χ2n) is 5.79. The molecular formula is C19H21ClF3NO3. The van der Waals surface area contributed by atoms with E-state index in [-0.39, 0.29) is 18.2 Å². The summed E-state index contributed by atoms with van der Waals surface area (Å²) in [6.45, 7) is 2.34. The lowest BCUT2D eigenvalue weighted by Gasteiger charge is -2.14. The third-order valence-electron chi connectivity index (χ3n) is 3.49. The molecule has 8 heteroatoms. The number of aliphatic hydroxyl groups excluding tert-OH is 1. The molecule has 0 aliphatic carbocycles. The molecule has 0 aliphatic rings. The predicted octanol–water partition coefficient (Wildman–Crippen LogP) is 4.26. The number of carbonyl (C=O) groups is 1. The number of rotatable bonds is 6. The van der Waals surface area contributed by atoms with E-state index in [0.717, 1.165) is 12.1 Å². The number of alkyl halides is 3. The quantitative estimate of drug-likeness (QED) is 0.674. The second-order valence-corrected chi connectivity index (χ2v) is 6.23. The first-order chi connectivity index (χ1) is 12.6. The fraction of sp³-hybridized carbons (Fsp3) is 0.316. The molecule has 2 aromatic rings. The zero-order valence-corrected chi connectivity index (χ0v) is 15.4. The van der Waals surface area contributed by atoms with Gasteiger partial charge < -0.3 is 15.5 Å². The van der Waals surface area contributed by atoms with Crippen LogP contribution in [0, 0.1) is 0 Å². The Labute approximate surface area is 160 Å². The molecule has 4 nitrogen and oxygen atoms in total. The summed E-state index contributed by atoms with van der Waals surface area (Å²) in [4.78, 5) is 10.3. The third kappa shape index (κ3) is 8.90. The maximum absolute atomic E-state index is 12.5. The number of carboxylic acid groups (broad SMARTS) is 1. The molecule has 0 fully saturated rings. The highest BCUT2D eigenvalue weighted by atomic mass is 35.5. The van der Waals surface area contributed by atoms with E-state index in [4.69, 9.17) is 21.8 Å². The Morgan fingerprint density at radius 3 is 2.33 bits per heavy atom. The van der Waals surface area contributed by atoms with Gasteiger partial charge in [-0.05, 0) is 49.2 Å². The molecule has 0 bridgehead atoms. The number of benzene rings is 2. The minimum absolute atomic E-state index is 0.0208. The van der Waals surface area contributed by atoms with Crippen LogP contribution < -0.4 is 5.32 Å². The van der Waals surface area contributed by atoms with Gasteiger partial charge >= 0.3 is 12.1 Å². The lowest BCUT2D eigenvalue weighted by molar-refractivity contribution is -0.137. The van der Waals surface area contributed by atoms with Crippen molar-refractivity contribution in [2.75, 3.05) is 13.2 Å². The van der Waals surface area contributed by atoms with E-state index in [9.17, 15) is 18.0 Å². The van der Waals surface area contributed by atoms with Gasteiger partial charge in [-0.15, -0.1) is 0 Å². The molecule has 0 heterocycles. The van der Waals surface area contributed by atoms with Gasteiger partial charge in [0.1, 0.15) is 0 Å². The van der Waals surface area contributed by atoms with Crippen molar-refractivity contribution in [1.82, 2.24) is 5.32 Å². The minimum atomic E-state index is -4.29. The fourth-order valence-corrected chi connectivity index (χ4v) is 2.33. The SMILES string of the molecule is CC(Cc1cccc(C(F)(F)F)c1)NCCO.O=C(O)c1ccc(Cl)cc1. The third-order valence-corrected chi connectivity index (χ3v) is 3.74. The molecule has 1 unspecified atom stereocenters. The van der Waals surface area contributed by atoms with Gasteiger partial charge in [-0.1, -0.05) is 29.8 Å². The summed E-state index contributed by atoms with van der Waals surface area (Å²) < 4.78 is 37.4. The number of hydrogen-bond acceptors (Lipinski definition) is 3. The standard InChI is InChI=1S/C12H16F3NO.C7H5ClO2/c1-9(16-5-6-17)7-10-3-2-4-11(8-10)12(13,14)15;8-6-3-1-5(2-4-6)7(9)10/h2-4,8-9,16-17H,5-7H2,1H3;1-4H,(H,9,10). The van der Waals surface area contributed by atoms with Crippen molar-refractivity contribution in [3.05, 3.63) is 70.2 Å². The number of carboxylic acids is 1. The molecule has 0 aliphatic heterocycles. The van der Waals surface area contributed by atoms with Crippen LogP contribution >= 0.6 is 11.6 Å². The molecule has 3 N–H and O–H groups in total. The van der Waals surface area contributed by atoms with Gasteiger partial charge in [0.25, 0.3) is 0 Å². The maximum atomic E-state index is 12.5. The van der Waals surface area contributed by atoms with E-state index in [2.05, 4.69) is 5.32 Å². The van der Waals surface area contributed by atoms with Crippen molar-refractivity contribution in [2.45, 2.75) is 25.6 Å². The Kier molecular flexibility index (Phi) is 9.28. The van der Waals surface area contributed by atoms with Crippen LogP contribution in [0.25, 0.3) is 0 Å². The van der Waals surface area contributed by atoms with Crippen molar-refractivity contribution in [3.8, 4) is 0 Å².